The zero-order valence-electron chi connectivity index (χ0n) is 14.1. The summed E-state index contributed by atoms with van der Waals surface area (Å²) >= 11 is 1.52. The number of hydrogen-bond donors (Lipinski definition) is 0. The second-order valence-corrected chi connectivity index (χ2v) is 7.47. The third-order valence-corrected chi connectivity index (χ3v) is 4.47. The normalized spacial score (nSPS) is 18.5. The lowest BCUT2D eigenvalue weighted by Crippen LogP contribution is -2.45. The Hall–Kier alpha value is -1.99. The lowest BCUT2D eigenvalue weighted by Gasteiger charge is -2.35. The van der Waals surface area contributed by atoms with E-state index in [-0.39, 0.29) is 12.1 Å². The van der Waals surface area contributed by atoms with Crippen molar-refractivity contribution in [2.45, 2.75) is 32.4 Å². The van der Waals surface area contributed by atoms with Gasteiger partial charge >= 0.3 is 6.09 Å². The summed E-state index contributed by atoms with van der Waals surface area (Å²) in [6, 6.07) is 3.63. The summed E-state index contributed by atoms with van der Waals surface area (Å²) in [6.45, 7) is 7.04. The number of ether oxygens (including phenoxy) is 2. The van der Waals surface area contributed by atoms with Gasteiger partial charge in [0.25, 0.3) is 0 Å². The molecule has 2 aromatic rings. The molecule has 0 radical (unpaired) electrons. The van der Waals surface area contributed by atoms with Crippen molar-refractivity contribution < 1.29 is 14.3 Å². The molecule has 1 amide bonds. The van der Waals surface area contributed by atoms with Crippen molar-refractivity contribution in [3.8, 4) is 11.3 Å². The highest BCUT2D eigenvalue weighted by Gasteiger charge is 2.33. The predicted molar refractivity (Wildman–Crippen MR) is 91.8 cm³/mol. The highest BCUT2D eigenvalue weighted by molar-refractivity contribution is 7.10. The van der Waals surface area contributed by atoms with E-state index in [0.717, 1.165) is 16.3 Å². The van der Waals surface area contributed by atoms with Crippen LogP contribution in [-0.2, 0) is 9.47 Å². The molecule has 3 rings (SSSR count). The van der Waals surface area contributed by atoms with Crippen molar-refractivity contribution in [2.75, 3.05) is 19.8 Å². The van der Waals surface area contributed by atoms with E-state index < -0.39 is 5.60 Å². The molecular weight excluding hydrogens is 326 g/mol. The maximum Gasteiger partial charge on any atom is 0.411 e. The molecule has 24 heavy (non-hydrogen) atoms. The smallest absolute Gasteiger partial charge is 0.411 e. The van der Waals surface area contributed by atoms with Crippen LogP contribution in [0.15, 0.2) is 29.9 Å². The fourth-order valence-corrected chi connectivity index (χ4v) is 3.36. The van der Waals surface area contributed by atoms with Crippen LogP contribution in [0.5, 0.6) is 0 Å². The Morgan fingerprint density at radius 3 is 3.00 bits per heavy atom. The van der Waals surface area contributed by atoms with Gasteiger partial charge in [0.15, 0.2) is 0 Å². The molecule has 0 aliphatic carbocycles. The van der Waals surface area contributed by atoms with Crippen LogP contribution in [0, 0.1) is 0 Å². The SMILES string of the molecule is CC(C)(C)OC(=O)N1CCOC[C@@H]1c1nc(-c2cccnc2)cs1. The molecule has 0 N–H and O–H groups in total. The number of nitrogens with zero attached hydrogens (tertiary/aromatic N) is 3. The quantitative estimate of drug-likeness (QED) is 0.832. The lowest BCUT2D eigenvalue weighted by atomic mass is 10.2. The molecular formula is C17H21N3O3S. The van der Waals surface area contributed by atoms with Crippen LogP contribution in [0.25, 0.3) is 11.3 Å². The first kappa shape index (κ1) is 16.9. The number of thiazole rings is 1. The van der Waals surface area contributed by atoms with Crippen molar-refractivity contribution in [3.63, 3.8) is 0 Å². The molecule has 1 aliphatic heterocycles. The number of aromatic nitrogens is 2. The Balaban J connectivity index is 1.81. The molecule has 0 saturated carbocycles. The molecule has 1 atom stereocenters. The summed E-state index contributed by atoms with van der Waals surface area (Å²) in [4.78, 5) is 23.0. The minimum Gasteiger partial charge on any atom is -0.444 e. The standard InChI is InChI=1S/C17H21N3O3S/c1-17(2,3)23-16(21)20-7-8-22-10-14(20)15-19-13(11-24-15)12-5-4-6-18-9-12/h4-6,9,11,14H,7-8,10H2,1-3H3/t14-/m1/s1. The fourth-order valence-electron chi connectivity index (χ4n) is 2.43. The van der Waals surface area contributed by atoms with Gasteiger partial charge in [0.1, 0.15) is 16.7 Å². The summed E-state index contributed by atoms with van der Waals surface area (Å²) in [6.07, 6.45) is 3.19. The molecule has 3 heterocycles. The van der Waals surface area contributed by atoms with Crippen molar-refractivity contribution in [1.29, 1.82) is 0 Å². The topological polar surface area (TPSA) is 64.5 Å². The molecule has 6 nitrogen and oxygen atoms in total. The first-order valence-electron chi connectivity index (χ1n) is 7.87. The van der Waals surface area contributed by atoms with Gasteiger partial charge in [-0.1, -0.05) is 0 Å². The van der Waals surface area contributed by atoms with Crippen molar-refractivity contribution >= 4 is 17.4 Å². The van der Waals surface area contributed by atoms with Crippen LogP contribution >= 0.6 is 11.3 Å². The van der Waals surface area contributed by atoms with Crippen LogP contribution < -0.4 is 0 Å². The van der Waals surface area contributed by atoms with E-state index in [1.165, 1.54) is 11.3 Å². The van der Waals surface area contributed by atoms with Gasteiger partial charge in [-0.05, 0) is 32.9 Å². The van der Waals surface area contributed by atoms with Gasteiger partial charge in [0.2, 0.25) is 0 Å². The summed E-state index contributed by atoms with van der Waals surface area (Å²) in [5.41, 5.74) is 1.29. The number of rotatable bonds is 2. The fraction of sp³-hybridized carbons (Fsp3) is 0.471. The lowest BCUT2D eigenvalue weighted by molar-refractivity contribution is -0.0331. The minimum absolute atomic E-state index is 0.218. The van der Waals surface area contributed by atoms with Gasteiger partial charge in [-0.25, -0.2) is 9.78 Å². The Bertz CT molecular complexity index is 697. The van der Waals surface area contributed by atoms with E-state index >= 15 is 0 Å². The maximum absolute atomic E-state index is 12.5. The van der Waals surface area contributed by atoms with Crippen LogP contribution in [0.1, 0.15) is 31.8 Å². The summed E-state index contributed by atoms with van der Waals surface area (Å²) in [5.74, 6) is 0. The van der Waals surface area contributed by atoms with E-state index in [1.54, 1.807) is 17.3 Å². The second kappa shape index (κ2) is 6.86. The van der Waals surface area contributed by atoms with E-state index in [2.05, 4.69) is 9.97 Å². The Morgan fingerprint density at radius 1 is 1.46 bits per heavy atom. The number of carbonyl (C=O) groups is 1. The average Bonchev–Trinajstić information content (AvgIpc) is 3.04. The Morgan fingerprint density at radius 2 is 2.29 bits per heavy atom. The van der Waals surface area contributed by atoms with E-state index in [9.17, 15) is 4.79 Å². The Labute approximate surface area is 145 Å². The van der Waals surface area contributed by atoms with Gasteiger partial charge in [-0.2, -0.15) is 0 Å². The molecule has 1 aliphatic rings. The first-order chi connectivity index (χ1) is 11.4. The van der Waals surface area contributed by atoms with Crippen molar-refractivity contribution in [2.24, 2.45) is 0 Å². The monoisotopic (exact) mass is 347 g/mol. The molecule has 128 valence electrons. The molecule has 7 heteroatoms. The maximum atomic E-state index is 12.5. The molecule has 0 aromatic carbocycles. The molecule has 0 unspecified atom stereocenters. The summed E-state index contributed by atoms with van der Waals surface area (Å²) < 4.78 is 11.1. The zero-order valence-corrected chi connectivity index (χ0v) is 14.9. The average molecular weight is 347 g/mol. The van der Waals surface area contributed by atoms with Crippen LogP contribution in [0.2, 0.25) is 0 Å². The van der Waals surface area contributed by atoms with Crippen molar-refractivity contribution in [1.82, 2.24) is 14.9 Å². The first-order valence-corrected chi connectivity index (χ1v) is 8.75. The van der Waals surface area contributed by atoms with Crippen LogP contribution in [0.3, 0.4) is 0 Å². The Kier molecular flexibility index (Phi) is 4.82. The van der Waals surface area contributed by atoms with E-state index in [1.807, 2.05) is 38.3 Å². The molecule has 2 aromatic heterocycles. The molecule has 1 fully saturated rings. The molecule has 0 bridgehead atoms. The second-order valence-electron chi connectivity index (χ2n) is 6.58. The van der Waals surface area contributed by atoms with Crippen molar-refractivity contribution in [3.05, 3.63) is 34.9 Å². The van der Waals surface area contributed by atoms with Gasteiger partial charge in [-0.3, -0.25) is 9.88 Å². The minimum atomic E-state index is -0.524. The van der Waals surface area contributed by atoms with Crippen LogP contribution in [0.4, 0.5) is 4.79 Å². The van der Waals surface area contributed by atoms with E-state index in [4.69, 9.17) is 9.47 Å². The summed E-state index contributed by atoms with van der Waals surface area (Å²) in [5, 5.41) is 2.83. The number of amides is 1. The summed E-state index contributed by atoms with van der Waals surface area (Å²) in [7, 11) is 0. The zero-order chi connectivity index (χ0) is 17.2. The van der Waals surface area contributed by atoms with E-state index in [0.29, 0.717) is 19.8 Å². The van der Waals surface area contributed by atoms with Gasteiger partial charge < -0.3 is 9.47 Å². The molecule has 0 spiro atoms. The highest BCUT2D eigenvalue weighted by Crippen LogP contribution is 2.31. The molecule has 1 saturated heterocycles. The van der Waals surface area contributed by atoms with Gasteiger partial charge in [0.05, 0.1) is 18.9 Å². The van der Waals surface area contributed by atoms with Gasteiger partial charge in [-0.15, -0.1) is 11.3 Å². The number of pyridine rings is 1. The third kappa shape index (κ3) is 3.91. The van der Waals surface area contributed by atoms with Gasteiger partial charge in [0, 0.05) is 29.9 Å². The largest absolute Gasteiger partial charge is 0.444 e. The van der Waals surface area contributed by atoms with Crippen LogP contribution in [-0.4, -0.2) is 46.3 Å². The predicted octanol–water partition coefficient (Wildman–Crippen LogP) is 3.51. The third-order valence-electron chi connectivity index (χ3n) is 3.52. The number of carbonyl (C=O) groups excluding carboxylic acids is 1. The highest BCUT2D eigenvalue weighted by atomic mass is 32.1. The number of hydrogen-bond acceptors (Lipinski definition) is 6. The number of morpholine rings is 1.